The summed E-state index contributed by atoms with van der Waals surface area (Å²) >= 11 is 4.08. The summed E-state index contributed by atoms with van der Waals surface area (Å²) in [5, 5.41) is 0. The largest absolute Gasteiger partial charge is 0.0838 e. The van der Waals surface area contributed by atoms with Crippen LogP contribution in [0.4, 0.5) is 0 Å². The molecule has 11 heavy (non-hydrogen) atoms. The van der Waals surface area contributed by atoms with Crippen molar-refractivity contribution in [2.75, 3.05) is 0 Å². The molecule has 0 N–H and O–H groups in total. The average Bonchev–Trinajstić information content (AvgIpc) is 2.74. The van der Waals surface area contributed by atoms with E-state index >= 15 is 0 Å². The molecule has 0 radical (unpaired) electrons. The number of halogens is 1. The van der Waals surface area contributed by atoms with Crippen molar-refractivity contribution in [1.29, 1.82) is 0 Å². The molecule has 4 aliphatic rings. The highest BCUT2D eigenvalue weighted by molar-refractivity contribution is 9.10. The van der Waals surface area contributed by atoms with Gasteiger partial charge in [-0.15, -0.1) is 0 Å². The molecule has 60 valence electrons. The van der Waals surface area contributed by atoms with E-state index in [1.54, 1.807) is 25.7 Å². The molecule has 4 saturated carbocycles. The zero-order valence-corrected chi connectivity index (χ0v) is 8.28. The van der Waals surface area contributed by atoms with E-state index < -0.39 is 0 Å². The van der Waals surface area contributed by atoms with Crippen molar-refractivity contribution in [2.45, 2.75) is 42.8 Å². The highest BCUT2D eigenvalue weighted by Gasteiger charge is 2.96. The van der Waals surface area contributed by atoms with Crippen molar-refractivity contribution < 1.29 is 0 Å². The van der Waals surface area contributed by atoms with Crippen LogP contribution < -0.4 is 0 Å². The normalized spacial score (nSPS) is 44.5. The highest BCUT2D eigenvalue weighted by atomic mass is 79.9. The Morgan fingerprint density at radius 3 is 1.64 bits per heavy atom. The van der Waals surface area contributed by atoms with Crippen LogP contribution in [0.5, 0.6) is 0 Å². The molecule has 0 unspecified atom stereocenters. The molecular weight excluding hydrogens is 200 g/mol. The minimum absolute atomic E-state index is 0.688. The molecular formula is C10H13Br. The van der Waals surface area contributed by atoms with Crippen molar-refractivity contribution in [3.63, 3.8) is 0 Å². The zero-order valence-electron chi connectivity index (χ0n) is 6.70. The van der Waals surface area contributed by atoms with Gasteiger partial charge in [0.25, 0.3) is 0 Å². The first kappa shape index (κ1) is 6.01. The van der Waals surface area contributed by atoms with Gasteiger partial charge < -0.3 is 0 Å². The molecule has 0 aliphatic heterocycles. The van der Waals surface area contributed by atoms with Gasteiger partial charge in [0.2, 0.25) is 0 Å². The lowest BCUT2D eigenvalue weighted by molar-refractivity contribution is 0.679. The highest BCUT2D eigenvalue weighted by Crippen LogP contribution is 3.00. The Hall–Kier alpha value is 0.480. The van der Waals surface area contributed by atoms with E-state index in [1.807, 2.05) is 0 Å². The van der Waals surface area contributed by atoms with Gasteiger partial charge in [0.15, 0.2) is 0 Å². The Labute approximate surface area is 75.9 Å². The quantitative estimate of drug-likeness (QED) is 0.587. The van der Waals surface area contributed by atoms with E-state index in [0.717, 1.165) is 16.7 Å². The Kier molecular flexibility index (Phi) is 0.682. The maximum Gasteiger partial charge on any atom is 0.0409 e. The number of fused-ring (bicyclic) bond motifs is 1. The van der Waals surface area contributed by atoms with Crippen LogP contribution >= 0.6 is 15.9 Å². The Morgan fingerprint density at radius 2 is 1.36 bits per heavy atom. The van der Waals surface area contributed by atoms with Gasteiger partial charge >= 0.3 is 0 Å². The second-order valence-corrected chi connectivity index (χ2v) is 6.40. The third-order valence-corrected chi connectivity index (χ3v) is 7.05. The number of hydrogen-bond donors (Lipinski definition) is 0. The minimum atomic E-state index is 0.688. The predicted octanol–water partition coefficient (Wildman–Crippen LogP) is 3.10. The summed E-state index contributed by atoms with van der Waals surface area (Å²) in [7, 11) is 0. The number of hydrogen-bond acceptors (Lipinski definition) is 0. The summed E-state index contributed by atoms with van der Waals surface area (Å²) in [5.74, 6) is 1.09. The molecule has 0 aromatic rings. The van der Waals surface area contributed by atoms with Crippen LogP contribution in [-0.2, 0) is 0 Å². The van der Waals surface area contributed by atoms with Crippen LogP contribution in [-0.4, -0.2) is 4.32 Å². The van der Waals surface area contributed by atoms with Gasteiger partial charge in [0.05, 0.1) is 0 Å². The van der Waals surface area contributed by atoms with Crippen LogP contribution in [0.25, 0.3) is 0 Å². The molecule has 0 atom stereocenters. The Balaban J connectivity index is 1.83. The summed E-state index contributed by atoms with van der Waals surface area (Å²) in [6.45, 7) is 0. The lowest BCUT2D eigenvalue weighted by atomic mass is 10.2. The second kappa shape index (κ2) is 1.25. The summed E-state index contributed by atoms with van der Waals surface area (Å²) in [6.07, 6.45) is 9.25. The number of rotatable bonds is 1. The van der Waals surface area contributed by atoms with Crippen LogP contribution in [0.2, 0.25) is 0 Å². The van der Waals surface area contributed by atoms with E-state index in [4.69, 9.17) is 0 Å². The molecule has 0 bridgehead atoms. The maximum absolute atomic E-state index is 4.08. The van der Waals surface area contributed by atoms with E-state index in [0.29, 0.717) is 4.32 Å². The lowest BCUT2D eigenvalue weighted by Gasteiger charge is -2.05. The fourth-order valence-corrected chi connectivity index (χ4v) is 5.93. The van der Waals surface area contributed by atoms with Crippen molar-refractivity contribution in [3.8, 4) is 0 Å². The first-order valence-electron chi connectivity index (χ1n) is 4.96. The molecule has 0 aromatic heterocycles. The summed E-state index contributed by atoms with van der Waals surface area (Å²) < 4.78 is 0.688. The SMILES string of the molecule is BrC1(C2CC2)C2(CC2)C12CC2. The summed E-state index contributed by atoms with van der Waals surface area (Å²) in [4.78, 5) is 0. The van der Waals surface area contributed by atoms with Crippen LogP contribution in [0.1, 0.15) is 38.5 Å². The molecule has 0 saturated heterocycles. The van der Waals surface area contributed by atoms with Gasteiger partial charge in [0.1, 0.15) is 0 Å². The van der Waals surface area contributed by atoms with Crippen LogP contribution in [0.15, 0.2) is 0 Å². The molecule has 2 spiro atoms. The Bertz CT molecular complexity index is 226. The first-order valence-corrected chi connectivity index (χ1v) is 5.75. The topological polar surface area (TPSA) is 0 Å². The van der Waals surface area contributed by atoms with Gasteiger partial charge in [-0.1, -0.05) is 15.9 Å². The molecule has 4 rings (SSSR count). The predicted molar refractivity (Wildman–Crippen MR) is 47.7 cm³/mol. The van der Waals surface area contributed by atoms with Gasteiger partial charge in [-0.3, -0.25) is 0 Å². The lowest BCUT2D eigenvalue weighted by Crippen LogP contribution is -2.06. The average molecular weight is 213 g/mol. The van der Waals surface area contributed by atoms with Crippen molar-refractivity contribution >= 4 is 15.9 Å². The fraction of sp³-hybridized carbons (Fsp3) is 1.00. The molecule has 4 aliphatic carbocycles. The van der Waals surface area contributed by atoms with Crippen molar-refractivity contribution in [2.24, 2.45) is 16.7 Å². The Morgan fingerprint density at radius 1 is 0.909 bits per heavy atom. The van der Waals surface area contributed by atoms with E-state index in [-0.39, 0.29) is 0 Å². The van der Waals surface area contributed by atoms with Crippen LogP contribution in [0, 0.1) is 16.7 Å². The molecule has 1 heteroatoms. The van der Waals surface area contributed by atoms with Crippen molar-refractivity contribution in [3.05, 3.63) is 0 Å². The summed E-state index contributed by atoms with van der Waals surface area (Å²) in [5.41, 5.74) is 1.72. The second-order valence-electron chi connectivity index (χ2n) is 5.15. The number of alkyl halides is 1. The molecule has 4 fully saturated rings. The van der Waals surface area contributed by atoms with Crippen LogP contribution in [0.3, 0.4) is 0 Å². The third-order valence-electron chi connectivity index (χ3n) is 4.89. The van der Waals surface area contributed by atoms with E-state index in [9.17, 15) is 0 Å². The monoisotopic (exact) mass is 212 g/mol. The van der Waals surface area contributed by atoms with Gasteiger partial charge in [-0.05, 0) is 55.3 Å². The molecule has 0 aromatic carbocycles. The smallest absolute Gasteiger partial charge is 0.0409 e. The zero-order chi connectivity index (χ0) is 7.32. The molecule has 0 heterocycles. The standard InChI is InChI=1S/C10H13Br/c11-10(7-1-2-7)8(3-4-8)9(10)5-6-9/h7H,1-6H2. The first-order chi connectivity index (χ1) is 5.27. The van der Waals surface area contributed by atoms with Gasteiger partial charge in [-0.2, -0.15) is 0 Å². The summed E-state index contributed by atoms with van der Waals surface area (Å²) in [6, 6.07) is 0. The maximum atomic E-state index is 4.08. The fourth-order valence-electron chi connectivity index (χ4n) is 4.02. The molecule has 0 nitrogen and oxygen atoms in total. The van der Waals surface area contributed by atoms with Gasteiger partial charge in [0, 0.05) is 4.32 Å². The third kappa shape index (κ3) is 0.381. The van der Waals surface area contributed by atoms with E-state index in [2.05, 4.69) is 15.9 Å². The van der Waals surface area contributed by atoms with E-state index in [1.165, 1.54) is 12.8 Å². The van der Waals surface area contributed by atoms with Crippen molar-refractivity contribution in [1.82, 2.24) is 0 Å². The van der Waals surface area contributed by atoms with Gasteiger partial charge in [-0.25, -0.2) is 0 Å². The molecule has 0 amide bonds. The minimum Gasteiger partial charge on any atom is -0.0838 e.